The molecule has 0 spiro atoms. The maximum atomic E-state index is 5.66. The van der Waals surface area contributed by atoms with Crippen molar-refractivity contribution in [3.05, 3.63) is 42.4 Å². The molecule has 0 fully saturated rings. The van der Waals surface area contributed by atoms with Crippen molar-refractivity contribution in [2.45, 2.75) is 12.5 Å². The van der Waals surface area contributed by atoms with E-state index in [1.165, 1.54) is 16.8 Å². The molecule has 1 aliphatic rings. The second kappa shape index (κ2) is 4.28. The van der Waals surface area contributed by atoms with Crippen LogP contribution >= 0.6 is 12.4 Å². The number of nitrogens with zero attached hydrogens (tertiary/aromatic N) is 2. The van der Waals surface area contributed by atoms with Crippen molar-refractivity contribution < 1.29 is 0 Å². The molecule has 0 aliphatic carbocycles. The van der Waals surface area contributed by atoms with E-state index in [1.54, 1.807) is 0 Å². The highest BCUT2D eigenvalue weighted by Crippen LogP contribution is 2.40. The van der Waals surface area contributed by atoms with Gasteiger partial charge in [-0.05, 0) is 18.5 Å². The maximum Gasteiger partial charge on any atom is 0.0956 e. The topological polar surface area (TPSA) is 43.8 Å². The molecular formula is C12H14ClN3. The minimum absolute atomic E-state index is 0. The molecule has 3 rings (SSSR count). The highest BCUT2D eigenvalue weighted by molar-refractivity contribution is 5.85. The van der Waals surface area contributed by atoms with Gasteiger partial charge in [-0.1, -0.05) is 24.3 Å². The molecule has 84 valence electrons. The normalized spacial score (nSPS) is 16.4. The summed E-state index contributed by atoms with van der Waals surface area (Å²) in [5.74, 6) is 0. The Morgan fingerprint density at radius 3 is 2.94 bits per heavy atom. The Morgan fingerprint density at radius 1 is 1.31 bits per heavy atom. The summed E-state index contributed by atoms with van der Waals surface area (Å²) in [6.07, 6.45) is 4.80. The fourth-order valence-electron chi connectivity index (χ4n) is 2.38. The van der Waals surface area contributed by atoms with Gasteiger partial charge in [-0.3, -0.25) is 0 Å². The minimum Gasteiger partial charge on any atom is -0.330 e. The van der Waals surface area contributed by atoms with Gasteiger partial charge in [-0.25, -0.2) is 4.98 Å². The summed E-state index contributed by atoms with van der Waals surface area (Å²) in [4.78, 5) is 4.20. The number of rotatable bonds is 2. The van der Waals surface area contributed by atoms with Gasteiger partial charge in [-0.2, -0.15) is 0 Å². The molecule has 16 heavy (non-hydrogen) atoms. The molecule has 2 heterocycles. The van der Waals surface area contributed by atoms with Crippen LogP contribution < -0.4 is 5.73 Å². The number of hydrogen-bond acceptors (Lipinski definition) is 2. The summed E-state index contributed by atoms with van der Waals surface area (Å²) in [6, 6.07) is 8.87. The molecule has 0 saturated carbocycles. The van der Waals surface area contributed by atoms with E-state index in [0.29, 0.717) is 12.6 Å². The van der Waals surface area contributed by atoms with Crippen LogP contribution in [-0.4, -0.2) is 16.1 Å². The number of halogens is 1. The van der Waals surface area contributed by atoms with Gasteiger partial charge in [0, 0.05) is 5.56 Å². The summed E-state index contributed by atoms with van der Waals surface area (Å²) in [7, 11) is 0. The van der Waals surface area contributed by atoms with Crippen LogP contribution in [0.15, 0.2) is 36.8 Å². The minimum atomic E-state index is 0. The van der Waals surface area contributed by atoms with Crippen molar-refractivity contribution in [3.8, 4) is 11.3 Å². The summed E-state index contributed by atoms with van der Waals surface area (Å²) < 4.78 is 2.22. The van der Waals surface area contributed by atoms with Gasteiger partial charge in [0.05, 0.1) is 24.3 Å². The maximum absolute atomic E-state index is 5.66. The van der Waals surface area contributed by atoms with Crippen LogP contribution in [0, 0.1) is 0 Å². The van der Waals surface area contributed by atoms with Crippen LogP contribution in [0.1, 0.15) is 18.0 Å². The second-order valence-electron chi connectivity index (χ2n) is 3.87. The molecule has 2 N–H and O–H groups in total. The molecule has 0 radical (unpaired) electrons. The number of hydrogen-bond donors (Lipinski definition) is 1. The highest BCUT2D eigenvalue weighted by atomic mass is 35.5. The molecule has 0 saturated heterocycles. The van der Waals surface area contributed by atoms with Gasteiger partial charge < -0.3 is 10.3 Å². The van der Waals surface area contributed by atoms with Gasteiger partial charge in [0.25, 0.3) is 0 Å². The van der Waals surface area contributed by atoms with Crippen molar-refractivity contribution in [2.75, 3.05) is 6.54 Å². The zero-order valence-electron chi connectivity index (χ0n) is 8.84. The van der Waals surface area contributed by atoms with Crippen LogP contribution in [0.25, 0.3) is 11.3 Å². The lowest BCUT2D eigenvalue weighted by molar-refractivity contribution is 0.571. The third-order valence-corrected chi connectivity index (χ3v) is 3.04. The highest BCUT2D eigenvalue weighted by Gasteiger charge is 2.26. The third-order valence-electron chi connectivity index (χ3n) is 3.04. The van der Waals surface area contributed by atoms with Crippen LogP contribution in [-0.2, 0) is 0 Å². The predicted molar refractivity (Wildman–Crippen MR) is 66.7 cm³/mol. The van der Waals surface area contributed by atoms with Crippen LogP contribution in [0.5, 0.6) is 0 Å². The number of fused-ring (bicyclic) bond motifs is 3. The molecule has 1 aromatic carbocycles. The first kappa shape index (κ1) is 11.2. The quantitative estimate of drug-likeness (QED) is 0.868. The molecule has 2 aromatic rings. The van der Waals surface area contributed by atoms with Gasteiger partial charge in [-0.15, -0.1) is 12.4 Å². The summed E-state index contributed by atoms with van der Waals surface area (Å²) in [6.45, 7) is 0.705. The number of benzene rings is 1. The molecule has 1 atom stereocenters. The second-order valence-corrected chi connectivity index (χ2v) is 3.87. The first-order valence-electron chi connectivity index (χ1n) is 5.23. The number of imidazole rings is 1. The zero-order chi connectivity index (χ0) is 10.3. The zero-order valence-corrected chi connectivity index (χ0v) is 9.65. The van der Waals surface area contributed by atoms with Gasteiger partial charge in [0.2, 0.25) is 0 Å². The molecule has 1 aliphatic heterocycles. The van der Waals surface area contributed by atoms with Crippen molar-refractivity contribution in [1.82, 2.24) is 9.55 Å². The van der Waals surface area contributed by atoms with E-state index in [9.17, 15) is 0 Å². The summed E-state index contributed by atoms with van der Waals surface area (Å²) in [5, 5.41) is 0. The fourth-order valence-corrected chi connectivity index (χ4v) is 2.38. The smallest absolute Gasteiger partial charge is 0.0956 e. The van der Waals surface area contributed by atoms with Gasteiger partial charge in [0.15, 0.2) is 0 Å². The predicted octanol–water partition coefficient (Wildman–Crippen LogP) is 2.22. The standard InChI is InChI=1S/C12H13N3.ClH/c13-6-5-11-9-3-1-2-4-10(9)12-7-14-8-15(11)12;/h1-4,7-8,11H,5-6,13H2;1H. The molecule has 3 nitrogen and oxygen atoms in total. The van der Waals surface area contributed by atoms with Crippen LogP contribution in [0.4, 0.5) is 0 Å². The Balaban J connectivity index is 0.000000963. The van der Waals surface area contributed by atoms with Crippen LogP contribution in [0.2, 0.25) is 0 Å². The summed E-state index contributed by atoms with van der Waals surface area (Å²) >= 11 is 0. The monoisotopic (exact) mass is 235 g/mol. The first-order valence-corrected chi connectivity index (χ1v) is 5.23. The van der Waals surface area contributed by atoms with Crippen LogP contribution in [0.3, 0.4) is 0 Å². The van der Waals surface area contributed by atoms with E-state index >= 15 is 0 Å². The van der Waals surface area contributed by atoms with Gasteiger partial charge >= 0.3 is 0 Å². The first-order chi connectivity index (χ1) is 7.42. The van der Waals surface area contributed by atoms with E-state index in [2.05, 4.69) is 33.8 Å². The van der Waals surface area contributed by atoms with E-state index in [1.807, 2.05) is 12.5 Å². The van der Waals surface area contributed by atoms with Crippen molar-refractivity contribution in [3.63, 3.8) is 0 Å². The summed E-state index contributed by atoms with van der Waals surface area (Å²) in [5.41, 5.74) is 9.54. The van der Waals surface area contributed by atoms with E-state index < -0.39 is 0 Å². The molecule has 1 aromatic heterocycles. The third kappa shape index (κ3) is 1.44. The van der Waals surface area contributed by atoms with Crippen molar-refractivity contribution in [2.24, 2.45) is 5.73 Å². The Morgan fingerprint density at radius 2 is 2.12 bits per heavy atom. The fraction of sp³-hybridized carbons (Fsp3) is 0.250. The Labute approximate surface area is 101 Å². The molecule has 0 amide bonds. The van der Waals surface area contributed by atoms with Crippen molar-refractivity contribution in [1.29, 1.82) is 0 Å². The van der Waals surface area contributed by atoms with E-state index in [4.69, 9.17) is 5.73 Å². The average Bonchev–Trinajstić information content (AvgIpc) is 2.82. The Bertz CT molecular complexity index is 493. The van der Waals surface area contributed by atoms with Crippen molar-refractivity contribution >= 4 is 12.4 Å². The van der Waals surface area contributed by atoms with E-state index in [-0.39, 0.29) is 12.4 Å². The molecule has 1 unspecified atom stereocenters. The average molecular weight is 236 g/mol. The van der Waals surface area contributed by atoms with E-state index in [0.717, 1.165) is 6.42 Å². The Kier molecular flexibility index (Phi) is 2.99. The SMILES string of the molecule is Cl.NCCC1c2ccccc2-c2cncn21. The molecule has 4 heteroatoms. The molecule has 0 bridgehead atoms. The van der Waals surface area contributed by atoms with Gasteiger partial charge in [0.1, 0.15) is 0 Å². The molecular weight excluding hydrogens is 222 g/mol. The number of aromatic nitrogens is 2. The lowest BCUT2D eigenvalue weighted by atomic mass is 10.0. The Hall–Kier alpha value is -1.32. The lowest BCUT2D eigenvalue weighted by Gasteiger charge is -2.12. The number of nitrogens with two attached hydrogens (primary N) is 1. The lowest BCUT2D eigenvalue weighted by Crippen LogP contribution is -2.11. The largest absolute Gasteiger partial charge is 0.330 e.